The summed E-state index contributed by atoms with van der Waals surface area (Å²) in [5.41, 5.74) is 1.95. The first-order valence-electron chi connectivity index (χ1n) is 8.95. The van der Waals surface area contributed by atoms with Crippen LogP contribution in [0.3, 0.4) is 0 Å². The number of nitrogens with zero attached hydrogens (tertiary/aromatic N) is 1. The summed E-state index contributed by atoms with van der Waals surface area (Å²) in [6, 6.07) is 20.1. The standard InChI is InChI=1S/C21H26N2O2/c1-16-14-19(12-13-23(16)15-17-8-4-2-5-9-17)22-21(25)20(24)18-10-6-3-7-11-18/h2-11,16,19-20,24H,12-15H2,1H3,(H,22,25). The summed E-state index contributed by atoms with van der Waals surface area (Å²) in [5.74, 6) is -0.306. The number of carbonyl (C=O) groups excluding carboxylic acids is 1. The van der Waals surface area contributed by atoms with Gasteiger partial charge in [-0.1, -0.05) is 60.7 Å². The van der Waals surface area contributed by atoms with Crippen molar-refractivity contribution in [2.24, 2.45) is 0 Å². The molecule has 4 heteroatoms. The summed E-state index contributed by atoms with van der Waals surface area (Å²) in [6.45, 7) is 4.09. The van der Waals surface area contributed by atoms with Crippen LogP contribution < -0.4 is 5.32 Å². The van der Waals surface area contributed by atoms with E-state index in [1.807, 2.05) is 24.3 Å². The molecule has 1 heterocycles. The van der Waals surface area contributed by atoms with Gasteiger partial charge in [-0.2, -0.15) is 0 Å². The summed E-state index contributed by atoms with van der Waals surface area (Å²) in [4.78, 5) is 14.8. The predicted octanol–water partition coefficient (Wildman–Crippen LogP) is 2.89. The Kier molecular flexibility index (Phi) is 5.84. The van der Waals surface area contributed by atoms with Crippen LogP contribution >= 0.6 is 0 Å². The SMILES string of the molecule is CC1CC(NC(=O)C(O)c2ccccc2)CCN1Cc1ccccc1. The lowest BCUT2D eigenvalue weighted by atomic mass is 9.97. The molecular formula is C21H26N2O2. The maximum atomic E-state index is 12.3. The van der Waals surface area contributed by atoms with Crippen molar-refractivity contribution in [3.8, 4) is 0 Å². The van der Waals surface area contributed by atoms with Crippen LogP contribution in [-0.2, 0) is 11.3 Å². The van der Waals surface area contributed by atoms with Crippen molar-refractivity contribution in [2.75, 3.05) is 6.54 Å². The van der Waals surface area contributed by atoms with Crippen LogP contribution in [-0.4, -0.2) is 34.5 Å². The molecule has 0 aromatic heterocycles. The number of hydrogen-bond acceptors (Lipinski definition) is 3. The summed E-state index contributed by atoms with van der Waals surface area (Å²) < 4.78 is 0. The van der Waals surface area contributed by atoms with Gasteiger partial charge in [0.1, 0.15) is 0 Å². The molecule has 4 nitrogen and oxygen atoms in total. The van der Waals surface area contributed by atoms with E-state index < -0.39 is 6.10 Å². The normalized spacial score (nSPS) is 22.3. The number of benzene rings is 2. The zero-order chi connectivity index (χ0) is 17.6. The molecule has 1 saturated heterocycles. The highest BCUT2D eigenvalue weighted by Gasteiger charge is 2.28. The molecule has 3 rings (SSSR count). The van der Waals surface area contributed by atoms with Crippen LogP contribution in [0.2, 0.25) is 0 Å². The molecule has 3 unspecified atom stereocenters. The molecule has 0 spiro atoms. The van der Waals surface area contributed by atoms with Gasteiger partial charge >= 0.3 is 0 Å². The Hall–Kier alpha value is -2.17. The second-order valence-electron chi connectivity index (χ2n) is 6.85. The van der Waals surface area contributed by atoms with Crippen molar-refractivity contribution >= 4 is 5.91 Å². The van der Waals surface area contributed by atoms with Gasteiger partial charge in [-0.3, -0.25) is 9.69 Å². The van der Waals surface area contributed by atoms with Gasteiger partial charge in [0.2, 0.25) is 0 Å². The minimum atomic E-state index is -1.10. The molecule has 1 fully saturated rings. The first-order chi connectivity index (χ1) is 12.1. The fourth-order valence-corrected chi connectivity index (χ4v) is 3.47. The lowest BCUT2D eigenvalue weighted by Crippen LogP contribution is -2.49. The Morgan fingerprint density at radius 2 is 1.80 bits per heavy atom. The van der Waals surface area contributed by atoms with Gasteiger partial charge in [0, 0.05) is 25.2 Å². The number of likely N-dealkylation sites (tertiary alicyclic amines) is 1. The molecule has 2 N–H and O–H groups in total. The highest BCUT2D eigenvalue weighted by molar-refractivity contribution is 5.82. The molecule has 1 amide bonds. The predicted molar refractivity (Wildman–Crippen MR) is 98.9 cm³/mol. The van der Waals surface area contributed by atoms with Crippen LogP contribution in [0.25, 0.3) is 0 Å². The van der Waals surface area contributed by atoms with Crippen molar-refractivity contribution in [2.45, 2.75) is 44.5 Å². The summed E-state index contributed by atoms with van der Waals surface area (Å²) >= 11 is 0. The highest BCUT2D eigenvalue weighted by atomic mass is 16.3. The van der Waals surface area contributed by atoms with Crippen LogP contribution in [0.5, 0.6) is 0 Å². The Balaban J connectivity index is 1.52. The van der Waals surface area contributed by atoms with Gasteiger partial charge < -0.3 is 10.4 Å². The Bertz CT molecular complexity index is 675. The van der Waals surface area contributed by atoms with Gasteiger partial charge in [0.15, 0.2) is 6.10 Å². The molecule has 0 saturated carbocycles. The van der Waals surface area contributed by atoms with E-state index in [2.05, 4.69) is 41.4 Å². The second-order valence-corrected chi connectivity index (χ2v) is 6.85. The topological polar surface area (TPSA) is 52.6 Å². The molecular weight excluding hydrogens is 312 g/mol. The quantitative estimate of drug-likeness (QED) is 0.881. The average molecular weight is 338 g/mol. The lowest BCUT2D eigenvalue weighted by Gasteiger charge is -2.38. The molecule has 25 heavy (non-hydrogen) atoms. The van der Waals surface area contributed by atoms with Gasteiger partial charge in [-0.25, -0.2) is 0 Å². The van der Waals surface area contributed by atoms with Crippen LogP contribution in [0, 0.1) is 0 Å². The first-order valence-corrected chi connectivity index (χ1v) is 8.95. The minimum absolute atomic E-state index is 0.118. The van der Waals surface area contributed by atoms with E-state index in [0.717, 1.165) is 25.9 Å². The summed E-state index contributed by atoms with van der Waals surface area (Å²) in [5, 5.41) is 13.2. The number of nitrogens with one attached hydrogen (secondary N) is 1. The van der Waals surface area contributed by atoms with Gasteiger partial charge in [-0.05, 0) is 30.9 Å². The van der Waals surface area contributed by atoms with E-state index in [1.54, 1.807) is 12.1 Å². The number of aliphatic hydroxyl groups excluding tert-OH is 1. The third kappa shape index (κ3) is 4.68. The van der Waals surface area contributed by atoms with E-state index >= 15 is 0 Å². The van der Waals surface area contributed by atoms with Crippen molar-refractivity contribution in [3.63, 3.8) is 0 Å². The maximum absolute atomic E-state index is 12.3. The van der Waals surface area contributed by atoms with E-state index in [-0.39, 0.29) is 11.9 Å². The summed E-state index contributed by atoms with van der Waals surface area (Å²) in [7, 11) is 0. The largest absolute Gasteiger partial charge is 0.378 e. The maximum Gasteiger partial charge on any atom is 0.253 e. The van der Waals surface area contributed by atoms with E-state index in [4.69, 9.17) is 0 Å². The van der Waals surface area contributed by atoms with Crippen molar-refractivity contribution in [1.29, 1.82) is 0 Å². The number of piperidine rings is 1. The molecule has 1 aliphatic rings. The van der Waals surface area contributed by atoms with E-state index in [1.165, 1.54) is 5.56 Å². The number of carbonyl (C=O) groups is 1. The highest BCUT2D eigenvalue weighted by Crippen LogP contribution is 2.21. The molecule has 0 radical (unpaired) electrons. The fraction of sp³-hybridized carbons (Fsp3) is 0.381. The fourth-order valence-electron chi connectivity index (χ4n) is 3.47. The van der Waals surface area contributed by atoms with Crippen molar-refractivity contribution < 1.29 is 9.90 Å². The van der Waals surface area contributed by atoms with Gasteiger partial charge in [0.25, 0.3) is 5.91 Å². The summed E-state index contributed by atoms with van der Waals surface area (Å²) in [6.07, 6.45) is 0.712. The zero-order valence-corrected chi connectivity index (χ0v) is 14.6. The third-order valence-corrected chi connectivity index (χ3v) is 4.95. The Morgan fingerprint density at radius 3 is 2.44 bits per heavy atom. The number of aliphatic hydroxyl groups is 1. The average Bonchev–Trinajstić information content (AvgIpc) is 2.65. The monoisotopic (exact) mass is 338 g/mol. The van der Waals surface area contributed by atoms with Crippen LogP contribution in [0.1, 0.15) is 37.0 Å². The molecule has 132 valence electrons. The Morgan fingerprint density at radius 1 is 1.16 bits per heavy atom. The molecule has 2 aromatic carbocycles. The molecule has 0 aliphatic carbocycles. The van der Waals surface area contributed by atoms with Crippen molar-refractivity contribution in [1.82, 2.24) is 10.2 Å². The number of amides is 1. The molecule has 2 aromatic rings. The molecule has 0 bridgehead atoms. The van der Waals surface area contributed by atoms with Gasteiger partial charge in [-0.15, -0.1) is 0 Å². The number of hydrogen-bond donors (Lipinski definition) is 2. The first kappa shape index (κ1) is 17.6. The zero-order valence-electron chi connectivity index (χ0n) is 14.6. The molecule has 3 atom stereocenters. The van der Waals surface area contributed by atoms with Gasteiger partial charge in [0.05, 0.1) is 0 Å². The Labute approximate surface area is 149 Å². The van der Waals surface area contributed by atoms with Crippen LogP contribution in [0.4, 0.5) is 0 Å². The minimum Gasteiger partial charge on any atom is -0.378 e. The van der Waals surface area contributed by atoms with Crippen LogP contribution in [0.15, 0.2) is 60.7 Å². The van der Waals surface area contributed by atoms with E-state index in [0.29, 0.717) is 11.6 Å². The lowest BCUT2D eigenvalue weighted by molar-refractivity contribution is -0.130. The van der Waals surface area contributed by atoms with E-state index in [9.17, 15) is 9.90 Å². The third-order valence-electron chi connectivity index (χ3n) is 4.95. The smallest absolute Gasteiger partial charge is 0.253 e. The van der Waals surface area contributed by atoms with Crippen molar-refractivity contribution in [3.05, 3.63) is 71.8 Å². The second kappa shape index (κ2) is 8.28. The number of rotatable bonds is 5. The molecule has 1 aliphatic heterocycles.